The molecule has 28 heavy (non-hydrogen) atoms. The molecular formula is C18H24N4O4S2. The Labute approximate surface area is 168 Å². The third-order valence-electron chi connectivity index (χ3n) is 5.58. The summed E-state index contributed by atoms with van der Waals surface area (Å²) in [4.78, 5) is 16.7. The molecule has 4 rings (SSSR count). The highest BCUT2D eigenvalue weighted by Gasteiger charge is 2.56. The summed E-state index contributed by atoms with van der Waals surface area (Å²) in [5, 5.41) is 5.62. The van der Waals surface area contributed by atoms with E-state index < -0.39 is 10.0 Å². The number of amides is 1. The van der Waals surface area contributed by atoms with Crippen molar-refractivity contribution < 1.29 is 17.7 Å². The summed E-state index contributed by atoms with van der Waals surface area (Å²) in [5.74, 6) is 0.526. The lowest BCUT2D eigenvalue weighted by Gasteiger charge is -2.31. The van der Waals surface area contributed by atoms with Crippen molar-refractivity contribution in [2.75, 3.05) is 46.8 Å². The molecule has 2 atom stereocenters. The SMILES string of the molecule is Cc1cc(C(=O)N2CC3CN(S(=O)(=O)c4cccs4)CC3(CN(C)C)C2)no1. The van der Waals surface area contributed by atoms with Gasteiger partial charge < -0.3 is 14.3 Å². The molecule has 8 nitrogen and oxygen atoms in total. The van der Waals surface area contributed by atoms with Gasteiger partial charge in [-0.05, 0) is 32.5 Å². The molecule has 0 saturated carbocycles. The van der Waals surface area contributed by atoms with E-state index in [0.29, 0.717) is 41.8 Å². The average molecular weight is 425 g/mol. The van der Waals surface area contributed by atoms with Crippen molar-refractivity contribution in [3.63, 3.8) is 0 Å². The fourth-order valence-corrected chi connectivity index (χ4v) is 7.21. The topological polar surface area (TPSA) is 87.0 Å². The number of hydrogen-bond acceptors (Lipinski definition) is 7. The second kappa shape index (κ2) is 6.94. The van der Waals surface area contributed by atoms with Gasteiger partial charge in [-0.1, -0.05) is 11.2 Å². The lowest BCUT2D eigenvalue weighted by molar-refractivity contribution is 0.0748. The van der Waals surface area contributed by atoms with Gasteiger partial charge in [0.05, 0.1) is 0 Å². The second-order valence-electron chi connectivity index (χ2n) is 8.04. The average Bonchev–Trinajstić information content (AvgIpc) is 3.36. The minimum Gasteiger partial charge on any atom is -0.361 e. The summed E-state index contributed by atoms with van der Waals surface area (Å²) < 4.78 is 33.0. The molecule has 2 fully saturated rings. The van der Waals surface area contributed by atoms with Crippen LogP contribution >= 0.6 is 11.3 Å². The molecule has 4 heterocycles. The predicted octanol–water partition coefficient (Wildman–Crippen LogP) is 1.37. The molecule has 0 spiro atoms. The maximum atomic E-state index is 13.0. The van der Waals surface area contributed by atoms with Crippen LogP contribution in [0, 0.1) is 18.3 Å². The van der Waals surface area contributed by atoms with E-state index in [4.69, 9.17) is 4.52 Å². The van der Waals surface area contributed by atoms with Gasteiger partial charge in [-0.3, -0.25) is 4.79 Å². The van der Waals surface area contributed by atoms with Crippen LogP contribution in [0.15, 0.2) is 32.3 Å². The number of hydrogen-bond donors (Lipinski definition) is 0. The molecule has 2 aliphatic rings. The van der Waals surface area contributed by atoms with Gasteiger partial charge in [-0.2, -0.15) is 4.31 Å². The molecule has 0 aromatic carbocycles. The standard InChI is InChI=1S/C18H24N4O4S2/c1-13-7-15(19-26-13)17(23)21-8-14-9-22(12-18(14,11-21)10-20(2)3)28(24,25)16-5-4-6-27-16/h4-7,14H,8-12H2,1-3H3. The monoisotopic (exact) mass is 424 g/mol. The van der Waals surface area contributed by atoms with E-state index in [-0.39, 0.29) is 17.2 Å². The zero-order valence-corrected chi connectivity index (χ0v) is 17.8. The third-order valence-corrected chi connectivity index (χ3v) is 8.77. The molecule has 0 aliphatic carbocycles. The molecule has 1 amide bonds. The van der Waals surface area contributed by atoms with E-state index in [2.05, 4.69) is 10.1 Å². The van der Waals surface area contributed by atoms with Crippen LogP contribution < -0.4 is 0 Å². The fourth-order valence-electron chi connectivity index (χ4n) is 4.49. The van der Waals surface area contributed by atoms with Gasteiger partial charge in [0.15, 0.2) is 5.69 Å². The fraction of sp³-hybridized carbons (Fsp3) is 0.556. The van der Waals surface area contributed by atoms with Crippen LogP contribution in [0.3, 0.4) is 0 Å². The second-order valence-corrected chi connectivity index (χ2v) is 11.1. The summed E-state index contributed by atoms with van der Waals surface area (Å²) >= 11 is 1.24. The number of aryl methyl sites for hydroxylation is 1. The summed E-state index contributed by atoms with van der Waals surface area (Å²) in [6.07, 6.45) is 0. The maximum absolute atomic E-state index is 13.0. The Morgan fingerprint density at radius 3 is 2.79 bits per heavy atom. The number of likely N-dealkylation sites (tertiary alicyclic amines) is 1. The largest absolute Gasteiger partial charge is 0.361 e. The summed E-state index contributed by atoms with van der Waals surface area (Å²) in [6, 6.07) is 5.04. The number of thiophene rings is 1. The van der Waals surface area contributed by atoms with Crippen molar-refractivity contribution in [2.45, 2.75) is 11.1 Å². The number of aromatic nitrogens is 1. The van der Waals surface area contributed by atoms with Gasteiger partial charge in [0.2, 0.25) is 0 Å². The van der Waals surface area contributed by atoms with Crippen LogP contribution in [-0.2, 0) is 10.0 Å². The third kappa shape index (κ3) is 3.28. The van der Waals surface area contributed by atoms with E-state index in [9.17, 15) is 13.2 Å². The highest BCUT2D eigenvalue weighted by Crippen LogP contribution is 2.45. The molecule has 2 aromatic heterocycles. The highest BCUT2D eigenvalue weighted by molar-refractivity contribution is 7.91. The van der Waals surface area contributed by atoms with Gasteiger partial charge in [-0.15, -0.1) is 11.3 Å². The van der Waals surface area contributed by atoms with Crippen molar-refractivity contribution in [2.24, 2.45) is 11.3 Å². The van der Waals surface area contributed by atoms with E-state index in [0.717, 1.165) is 6.54 Å². The molecule has 152 valence electrons. The van der Waals surface area contributed by atoms with E-state index in [1.807, 2.05) is 14.1 Å². The van der Waals surface area contributed by atoms with Gasteiger partial charge in [0.1, 0.15) is 9.97 Å². The molecule has 10 heteroatoms. The van der Waals surface area contributed by atoms with Gasteiger partial charge in [-0.25, -0.2) is 8.42 Å². The zero-order valence-electron chi connectivity index (χ0n) is 16.2. The number of fused-ring (bicyclic) bond motifs is 1. The predicted molar refractivity (Wildman–Crippen MR) is 105 cm³/mol. The first kappa shape index (κ1) is 19.6. The molecular weight excluding hydrogens is 400 g/mol. The summed E-state index contributed by atoms with van der Waals surface area (Å²) in [7, 11) is 0.464. The highest BCUT2D eigenvalue weighted by atomic mass is 32.2. The van der Waals surface area contributed by atoms with Crippen LogP contribution in [0.1, 0.15) is 16.2 Å². The van der Waals surface area contributed by atoms with E-state index in [1.54, 1.807) is 39.7 Å². The van der Waals surface area contributed by atoms with Gasteiger partial charge in [0.25, 0.3) is 15.9 Å². The van der Waals surface area contributed by atoms with Crippen LogP contribution in [0.2, 0.25) is 0 Å². The lowest BCUT2D eigenvalue weighted by Crippen LogP contribution is -2.43. The minimum absolute atomic E-state index is 0.0848. The minimum atomic E-state index is -3.50. The van der Waals surface area contributed by atoms with Crippen molar-refractivity contribution in [1.29, 1.82) is 0 Å². The number of carbonyl (C=O) groups excluding carboxylic acids is 1. The quantitative estimate of drug-likeness (QED) is 0.721. The van der Waals surface area contributed by atoms with Crippen LogP contribution in [0.25, 0.3) is 0 Å². The van der Waals surface area contributed by atoms with E-state index >= 15 is 0 Å². The molecule has 0 bridgehead atoms. The molecule has 2 aromatic rings. The van der Waals surface area contributed by atoms with Crippen molar-refractivity contribution >= 4 is 27.3 Å². The van der Waals surface area contributed by atoms with Gasteiger partial charge in [0, 0.05) is 50.1 Å². The Morgan fingerprint density at radius 1 is 1.39 bits per heavy atom. The molecule has 0 N–H and O–H groups in total. The van der Waals surface area contributed by atoms with Crippen LogP contribution in [-0.4, -0.2) is 80.4 Å². The van der Waals surface area contributed by atoms with Gasteiger partial charge >= 0.3 is 0 Å². The number of nitrogens with zero attached hydrogens (tertiary/aromatic N) is 4. The summed E-state index contributed by atoms with van der Waals surface area (Å²) in [6.45, 7) is 4.35. The van der Waals surface area contributed by atoms with E-state index in [1.165, 1.54) is 11.3 Å². The molecule has 0 radical (unpaired) electrons. The first-order valence-corrected chi connectivity index (χ1v) is 11.4. The number of sulfonamides is 1. The Bertz CT molecular complexity index is 970. The number of rotatable bonds is 5. The van der Waals surface area contributed by atoms with Crippen molar-refractivity contribution in [3.8, 4) is 0 Å². The first-order chi connectivity index (χ1) is 13.2. The Balaban J connectivity index is 1.58. The van der Waals surface area contributed by atoms with Crippen molar-refractivity contribution in [1.82, 2.24) is 19.3 Å². The Kier molecular flexibility index (Phi) is 4.85. The first-order valence-electron chi connectivity index (χ1n) is 9.12. The number of carbonyl (C=O) groups is 1. The zero-order chi connectivity index (χ0) is 20.1. The van der Waals surface area contributed by atoms with Crippen LogP contribution in [0.5, 0.6) is 0 Å². The smallest absolute Gasteiger partial charge is 0.276 e. The Hall–Kier alpha value is -1.75. The van der Waals surface area contributed by atoms with Crippen LogP contribution in [0.4, 0.5) is 0 Å². The Morgan fingerprint density at radius 2 is 2.18 bits per heavy atom. The molecule has 2 saturated heterocycles. The molecule has 2 aliphatic heterocycles. The lowest BCUT2D eigenvalue weighted by atomic mass is 9.80. The normalized spacial score (nSPS) is 25.6. The summed E-state index contributed by atoms with van der Waals surface area (Å²) in [5.41, 5.74) is 0.0166. The maximum Gasteiger partial charge on any atom is 0.276 e. The van der Waals surface area contributed by atoms with Crippen molar-refractivity contribution in [3.05, 3.63) is 35.0 Å². The molecule has 2 unspecified atom stereocenters.